The molecule has 1 heterocycles. The molecule has 1 amide bonds. The summed E-state index contributed by atoms with van der Waals surface area (Å²) in [7, 11) is 0. The Morgan fingerprint density at radius 2 is 2.38 bits per heavy atom. The lowest BCUT2D eigenvalue weighted by molar-refractivity contribution is -0.137. The molecule has 2 N–H and O–H groups in total. The first-order valence-electron chi connectivity index (χ1n) is 5.08. The molecule has 0 fully saturated rings. The second kappa shape index (κ2) is 5.95. The molecule has 0 aliphatic heterocycles. The quantitative estimate of drug-likeness (QED) is 0.681. The predicted molar refractivity (Wildman–Crippen MR) is 57.0 cm³/mol. The standard InChI is InChI=1S/C11H15NO4/c1-8-2-4-10(16-8)6-9(12-7-13)3-5-11(14)15/h2,4,7,9H,3,5-6H2,1H3,(H,12,13)(H,14,15). The van der Waals surface area contributed by atoms with Crippen LogP contribution in [0.1, 0.15) is 24.4 Å². The molecule has 1 unspecified atom stereocenters. The zero-order chi connectivity index (χ0) is 12.0. The van der Waals surface area contributed by atoms with Crippen LogP contribution in [0.2, 0.25) is 0 Å². The van der Waals surface area contributed by atoms with Crippen LogP contribution in [0.25, 0.3) is 0 Å². The average Bonchev–Trinajstić information content (AvgIpc) is 2.61. The molecular formula is C11H15NO4. The third-order valence-electron chi connectivity index (χ3n) is 2.25. The third-order valence-corrected chi connectivity index (χ3v) is 2.25. The first-order valence-corrected chi connectivity index (χ1v) is 5.08. The highest BCUT2D eigenvalue weighted by atomic mass is 16.4. The Kier molecular flexibility index (Phi) is 4.57. The van der Waals surface area contributed by atoms with E-state index in [0.717, 1.165) is 11.5 Å². The smallest absolute Gasteiger partial charge is 0.303 e. The summed E-state index contributed by atoms with van der Waals surface area (Å²) in [6, 6.07) is 3.47. The van der Waals surface area contributed by atoms with Gasteiger partial charge in [-0.2, -0.15) is 0 Å². The summed E-state index contributed by atoms with van der Waals surface area (Å²) in [6.07, 6.45) is 1.53. The number of carboxylic acid groups (broad SMARTS) is 1. The van der Waals surface area contributed by atoms with Crippen molar-refractivity contribution < 1.29 is 19.1 Å². The predicted octanol–water partition coefficient (Wildman–Crippen LogP) is 1.11. The van der Waals surface area contributed by atoms with Gasteiger partial charge in [0.15, 0.2) is 0 Å². The number of aliphatic carboxylic acids is 1. The topological polar surface area (TPSA) is 79.5 Å². The van der Waals surface area contributed by atoms with E-state index < -0.39 is 5.97 Å². The molecule has 1 aromatic rings. The average molecular weight is 225 g/mol. The van der Waals surface area contributed by atoms with Gasteiger partial charge in [0.25, 0.3) is 0 Å². The molecule has 1 atom stereocenters. The fourth-order valence-electron chi connectivity index (χ4n) is 1.48. The van der Waals surface area contributed by atoms with E-state index in [1.165, 1.54) is 0 Å². The van der Waals surface area contributed by atoms with E-state index in [1.807, 2.05) is 19.1 Å². The highest BCUT2D eigenvalue weighted by molar-refractivity contribution is 5.66. The van der Waals surface area contributed by atoms with Gasteiger partial charge in [-0.05, 0) is 25.5 Å². The van der Waals surface area contributed by atoms with E-state index in [1.54, 1.807) is 0 Å². The molecule has 0 saturated carbocycles. The number of carboxylic acids is 1. The summed E-state index contributed by atoms with van der Waals surface area (Å²) in [6.45, 7) is 1.84. The Morgan fingerprint density at radius 3 is 2.88 bits per heavy atom. The number of nitrogens with one attached hydrogen (secondary N) is 1. The van der Waals surface area contributed by atoms with Gasteiger partial charge in [-0.3, -0.25) is 9.59 Å². The molecule has 88 valence electrons. The van der Waals surface area contributed by atoms with Crippen LogP contribution in [0, 0.1) is 6.92 Å². The second-order valence-corrected chi connectivity index (χ2v) is 3.63. The van der Waals surface area contributed by atoms with Gasteiger partial charge in [0.2, 0.25) is 6.41 Å². The molecule has 0 saturated heterocycles. The van der Waals surface area contributed by atoms with Crippen molar-refractivity contribution in [3.05, 3.63) is 23.7 Å². The minimum absolute atomic E-state index is 0.0329. The van der Waals surface area contributed by atoms with Gasteiger partial charge in [-0.25, -0.2) is 0 Å². The largest absolute Gasteiger partial charge is 0.481 e. The molecule has 0 aliphatic rings. The minimum Gasteiger partial charge on any atom is -0.481 e. The molecule has 16 heavy (non-hydrogen) atoms. The van der Waals surface area contributed by atoms with Crippen LogP contribution in [0.3, 0.4) is 0 Å². The van der Waals surface area contributed by atoms with Crippen molar-refractivity contribution in [3.8, 4) is 0 Å². The first-order chi connectivity index (χ1) is 7.61. The number of carbonyl (C=O) groups is 2. The highest BCUT2D eigenvalue weighted by Crippen LogP contribution is 2.11. The molecule has 1 rings (SSSR count). The van der Waals surface area contributed by atoms with Crippen molar-refractivity contribution in [1.82, 2.24) is 5.32 Å². The Hall–Kier alpha value is -1.78. The zero-order valence-electron chi connectivity index (χ0n) is 9.10. The second-order valence-electron chi connectivity index (χ2n) is 3.63. The van der Waals surface area contributed by atoms with Crippen molar-refractivity contribution in [3.63, 3.8) is 0 Å². The number of aryl methyl sites for hydroxylation is 1. The van der Waals surface area contributed by atoms with Gasteiger partial charge in [0.05, 0.1) is 0 Å². The Labute approximate surface area is 93.4 Å². The van der Waals surface area contributed by atoms with Crippen molar-refractivity contribution in [2.24, 2.45) is 0 Å². The van der Waals surface area contributed by atoms with E-state index in [4.69, 9.17) is 9.52 Å². The summed E-state index contributed by atoms with van der Waals surface area (Å²) in [5, 5.41) is 11.2. The van der Waals surface area contributed by atoms with E-state index in [-0.39, 0.29) is 12.5 Å². The highest BCUT2D eigenvalue weighted by Gasteiger charge is 2.12. The number of hydrogen-bond donors (Lipinski definition) is 2. The third kappa shape index (κ3) is 4.16. The van der Waals surface area contributed by atoms with E-state index >= 15 is 0 Å². The number of hydrogen-bond acceptors (Lipinski definition) is 3. The van der Waals surface area contributed by atoms with E-state index in [2.05, 4.69) is 5.32 Å². The Morgan fingerprint density at radius 1 is 1.62 bits per heavy atom. The summed E-state index contributed by atoms with van der Waals surface area (Å²) >= 11 is 0. The first kappa shape index (κ1) is 12.3. The van der Waals surface area contributed by atoms with E-state index in [9.17, 15) is 9.59 Å². The molecule has 0 spiro atoms. The van der Waals surface area contributed by atoms with Crippen LogP contribution in [0.5, 0.6) is 0 Å². The fraction of sp³-hybridized carbons (Fsp3) is 0.455. The van der Waals surface area contributed by atoms with Crippen LogP contribution in [0.4, 0.5) is 0 Å². The number of carbonyl (C=O) groups excluding carboxylic acids is 1. The Bertz CT molecular complexity index is 359. The maximum absolute atomic E-state index is 10.4. The molecular weight excluding hydrogens is 210 g/mol. The van der Waals surface area contributed by atoms with E-state index in [0.29, 0.717) is 19.3 Å². The van der Waals surface area contributed by atoms with Crippen LogP contribution < -0.4 is 5.32 Å². The van der Waals surface area contributed by atoms with Gasteiger partial charge >= 0.3 is 5.97 Å². The summed E-state index contributed by atoms with van der Waals surface area (Å²) < 4.78 is 5.36. The Balaban J connectivity index is 2.49. The van der Waals surface area contributed by atoms with Gasteiger partial charge in [-0.1, -0.05) is 0 Å². The summed E-state index contributed by atoms with van der Waals surface area (Å²) in [5.41, 5.74) is 0. The molecule has 0 bridgehead atoms. The monoisotopic (exact) mass is 225 g/mol. The van der Waals surface area contributed by atoms with Gasteiger partial charge in [-0.15, -0.1) is 0 Å². The van der Waals surface area contributed by atoms with Crippen LogP contribution >= 0.6 is 0 Å². The maximum Gasteiger partial charge on any atom is 0.303 e. The maximum atomic E-state index is 10.4. The van der Waals surface area contributed by atoms with Crippen molar-refractivity contribution in [1.29, 1.82) is 0 Å². The number of rotatable bonds is 7. The lowest BCUT2D eigenvalue weighted by Gasteiger charge is -2.13. The molecule has 0 radical (unpaired) electrons. The molecule has 0 aliphatic carbocycles. The molecule has 1 aromatic heterocycles. The number of amides is 1. The summed E-state index contributed by atoms with van der Waals surface area (Å²) in [5.74, 6) is 0.689. The summed E-state index contributed by atoms with van der Waals surface area (Å²) in [4.78, 5) is 20.8. The fourth-order valence-corrected chi connectivity index (χ4v) is 1.48. The minimum atomic E-state index is -0.867. The van der Waals surface area contributed by atoms with Gasteiger partial charge in [0, 0.05) is 18.9 Å². The number of furan rings is 1. The van der Waals surface area contributed by atoms with Crippen molar-refractivity contribution in [2.75, 3.05) is 0 Å². The van der Waals surface area contributed by atoms with Crippen LogP contribution in [0.15, 0.2) is 16.5 Å². The molecule has 5 nitrogen and oxygen atoms in total. The SMILES string of the molecule is Cc1ccc(CC(CCC(=O)O)NC=O)o1. The van der Waals surface area contributed by atoms with Gasteiger partial charge in [0.1, 0.15) is 11.5 Å². The van der Waals surface area contributed by atoms with Gasteiger partial charge < -0.3 is 14.8 Å². The van der Waals surface area contributed by atoms with Crippen LogP contribution in [-0.2, 0) is 16.0 Å². The normalized spacial score (nSPS) is 12.1. The van der Waals surface area contributed by atoms with Crippen LogP contribution in [-0.4, -0.2) is 23.5 Å². The molecule has 5 heteroatoms. The van der Waals surface area contributed by atoms with Crippen molar-refractivity contribution in [2.45, 2.75) is 32.2 Å². The lowest BCUT2D eigenvalue weighted by atomic mass is 10.1. The lowest BCUT2D eigenvalue weighted by Crippen LogP contribution is -2.30. The molecule has 0 aromatic carbocycles. The zero-order valence-corrected chi connectivity index (χ0v) is 9.10. The van der Waals surface area contributed by atoms with Crippen molar-refractivity contribution >= 4 is 12.4 Å².